The molecule has 2 aromatic carbocycles. The van der Waals surface area contributed by atoms with E-state index in [2.05, 4.69) is 47.2 Å². The lowest BCUT2D eigenvalue weighted by Crippen LogP contribution is -2.46. The van der Waals surface area contributed by atoms with Crippen LogP contribution in [0, 0.1) is 5.82 Å². The molecule has 8 heteroatoms. The number of β-amino-alcohol motifs (C(OH)–C–C–N with tert-alkyl or cyclic N) is 1. The van der Waals surface area contributed by atoms with Crippen molar-refractivity contribution in [1.29, 1.82) is 0 Å². The first-order valence-corrected chi connectivity index (χ1v) is 12.1. The van der Waals surface area contributed by atoms with Gasteiger partial charge in [-0.3, -0.25) is 0 Å². The molecule has 5 nitrogen and oxygen atoms in total. The monoisotopic (exact) mass is 500 g/mol. The lowest BCUT2D eigenvalue weighted by atomic mass is 9.95. The number of halogens is 2. The third-order valence-corrected chi connectivity index (χ3v) is 7.33. The van der Waals surface area contributed by atoms with E-state index >= 15 is 0 Å². The maximum Gasteiger partial charge on any atom is 0.245 e. The topological polar surface area (TPSA) is 69.6 Å². The second kappa shape index (κ2) is 10.8. The van der Waals surface area contributed by atoms with Gasteiger partial charge in [-0.15, -0.1) is 0 Å². The molecule has 30 heavy (non-hydrogen) atoms. The summed E-state index contributed by atoms with van der Waals surface area (Å²) in [4.78, 5) is -0.408. The summed E-state index contributed by atoms with van der Waals surface area (Å²) in [6, 6.07) is 14.1. The van der Waals surface area contributed by atoms with Gasteiger partial charge in [-0.05, 0) is 56.9 Å². The van der Waals surface area contributed by atoms with Crippen molar-refractivity contribution < 1.29 is 17.9 Å². The van der Waals surface area contributed by atoms with Crippen LogP contribution in [0.25, 0.3) is 0 Å². The fraction of sp³-hybridized carbons (Fsp3) is 0.455. The van der Waals surface area contributed by atoms with Gasteiger partial charge < -0.3 is 10.4 Å². The highest BCUT2D eigenvalue weighted by molar-refractivity contribution is 9.10. The summed E-state index contributed by atoms with van der Waals surface area (Å²) in [6.45, 7) is 4.22. The van der Waals surface area contributed by atoms with Crippen LogP contribution < -0.4 is 5.32 Å². The summed E-state index contributed by atoms with van der Waals surface area (Å²) in [5, 5.41) is 13.6. The summed E-state index contributed by atoms with van der Waals surface area (Å²) in [6.07, 6.45) is 1.97. The van der Waals surface area contributed by atoms with Crippen molar-refractivity contribution in [2.45, 2.75) is 49.6 Å². The van der Waals surface area contributed by atoms with Crippen molar-refractivity contribution >= 4 is 26.0 Å². The molecule has 1 atom stereocenters. The van der Waals surface area contributed by atoms with E-state index in [9.17, 15) is 17.9 Å². The van der Waals surface area contributed by atoms with Crippen LogP contribution >= 0.6 is 15.9 Å². The molecule has 2 N–H and O–H groups in total. The number of likely N-dealkylation sites (N-methyl/N-ethyl adjacent to an activating group) is 1. The Balaban J connectivity index is 1.84. The first-order valence-electron chi connectivity index (χ1n) is 9.90. The van der Waals surface area contributed by atoms with E-state index in [0.717, 1.165) is 29.6 Å². The minimum atomic E-state index is -4.03. The van der Waals surface area contributed by atoms with E-state index < -0.39 is 26.8 Å². The average Bonchev–Trinajstić information content (AvgIpc) is 2.67. The Kier molecular flexibility index (Phi) is 8.99. The van der Waals surface area contributed by atoms with Crippen LogP contribution in [0.1, 0.15) is 32.3 Å². The molecule has 0 heterocycles. The van der Waals surface area contributed by atoms with Gasteiger partial charge in [0.05, 0.1) is 6.10 Å². The molecule has 0 spiro atoms. The third kappa shape index (κ3) is 7.42. The Labute approximate surface area is 187 Å². The van der Waals surface area contributed by atoms with Crippen LogP contribution in [-0.2, 0) is 16.4 Å². The van der Waals surface area contributed by atoms with Gasteiger partial charge in [0.15, 0.2) is 0 Å². The minimum Gasteiger partial charge on any atom is -0.390 e. The molecule has 166 valence electrons. The first kappa shape index (κ1) is 24.9. The van der Waals surface area contributed by atoms with Gasteiger partial charge in [-0.1, -0.05) is 46.3 Å². The molecule has 0 aliphatic heterocycles. The molecular formula is C22H30BrFN2O3S. The second-order valence-corrected chi connectivity index (χ2v) is 11.0. The van der Waals surface area contributed by atoms with Gasteiger partial charge in [0.1, 0.15) is 10.7 Å². The van der Waals surface area contributed by atoms with E-state index in [-0.39, 0.29) is 18.6 Å². The highest BCUT2D eigenvalue weighted by atomic mass is 79.9. The number of hydrogen-bond acceptors (Lipinski definition) is 4. The van der Waals surface area contributed by atoms with E-state index in [4.69, 9.17) is 0 Å². The minimum absolute atomic E-state index is 0.134. The summed E-state index contributed by atoms with van der Waals surface area (Å²) < 4.78 is 40.7. The third-order valence-electron chi connectivity index (χ3n) is 4.98. The van der Waals surface area contributed by atoms with Crippen LogP contribution in [-0.4, -0.2) is 49.6 Å². The zero-order valence-electron chi connectivity index (χ0n) is 17.6. The normalized spacial score (nSPS) is 13.6. The molecule has 2 aromatic rings. The van der Waals surface area contributed by atoms with E-state index in [1.165, 1.54) is 24.7 Å². The number of aryl methyl sites for hydroxylation is 1. The van der Waals surface area contributed by atoms with Crippen LogP contribution in [0.2, 0.25) is 0 Å². The van der Waals surface area contributed by atoms with E-state index in [1.54, 1.807) is 0 Å². The van der Waals surface area contributed by atoms with Crippen molar-refractivity contribution in [2.75, 3.05) is 20.1 Å². The van der Waals surface area contributed by atoms with E-state index in [0.29, 0.717) is 4.47 Å². The quantitative estimate of drug-likeness (QED) is 0.489. The fourth-order valence-corrected chi connectivity index (χ4v) is 4.76. The van der Waals surface area contributed by atoms with Crippen molar-refractivity contribution in [3.63, 3.8) is 0 Å². The molecule has 1 unspecified atom stereocenters. The summed E-state index contributed by atoms with van der Waals surface area (Å²) in [5.41, 5.74) is 1.09. The molecule has 0 radical (unpaired) electrons. The molecule has 0 fully saturated rings. The number of hydrogen-bond donors (Lipinski definition) is 2. The van der Waals surface area contributed by atoms with Crippen LogP contribution in [0.3, 0.4) is 0 Å². The van der Waals surface area contributed by atoms with Crippen molar-refractivity contribution in [3.05, 3.63) is 64.4 Å². The SMILES string of the molecule is CN(CC(O)CNC(C)(C)CCCc1ccccc1)S(=O)(=O)c1ccc(Br)cc1F. The molecule has 0 saturated heterocycles. The number of aliphatic hydroxyl groups is 1. The van der Waals surface area contributed by atoms with Crippen LogP contribution in [0.5, 0.6) is 0 Å². The Hall–Kier alpha value is -1.32. The highest BCUT2D eigenvalue weighted by Gasteiger charge is 2.27. The molecular weight excluding hydrogens is 471 g/mol. The second-order valence-electron chi connectivity index (χ2n) is 8.12. The molecule has 0 aliphatic carbocycles. The van der Waals surface area contributed by atoms with Crippen molar-refractivity contribution in [3.8, 4) is 0 Å². The number of aliphatic hydroxyl groups excluding tert-OH is 1. The molecule has 0 aromatic heterocycles. The lowest BCUT2D eigenvalue weighted by molar-refractivity contribution is 0.138. The fourth-order valence-electron chi connectivity index (χ4n) is 3.17. The van der Waals surface area contributed by atoms with Gasteiger partial charge in [0.2, 0.25) is 10.0 Å². The lowest BCUT2D eigenvalue weighted by Gasteiger charge is -2.29. The van der Waals surface area contributed by atoms with Crippen LogP contribution in [0.15, 0.2) is 57.9 Å². The van der Waals surface area contributed by atoms with Gasteiger partial charge in [-0.25, -0.2) is 12.8 Å². The number of nitrogens with zero attached hydrogens (tertiary/aromatic N) is 1. The first-order chi connectivity index (χ1) is 14.0. The predicted molar refractivity (Wildman–Crippen MR) is 121 cm³/mol. The molecule has 0 amide bonds. The molecule has 0 aliphatic rings. The Bertz CT molecular complexity index is 923. The number of benzene rings is 2. The van der Waals surface area contributed by atoms with Crippen molar-refractivity contribution in [2.24, 2.45) is 0 Å². The largest absolute Gasteiger partial charge is 0.390 e. The standard InChI is InChI=1S/C22H30BrFN2O3S/c1-22(2,13-7-10-17-8-5-4-6-9-17)25-15-19(27)16-26(3)30(28,29)21-12-11-18(23)14-20(21)24/h4-6,8-9,11-12,14,19,25,27H,7,10,13,15-16H2,1-3H3. The van der Waals surface area contributed by atoms with Crippen LogP contribution in [0.4, 0.5) is 4.39 Å². The smallest absolute Gasteiger partial charge is 0.245 e. The Morgan fingerprint density at radius 3 is 2.50 bits per heavy atom. The molecule has 2 rings (SSSR count). The average molecular weight is 501 g/mol. The Morgan fingerprint density at radius 1 is 1.20 bits per heavy atom. The maximum atomic E-state index is 14.1. The van der Waals surface area contributed by atoms with Gasteiger partial charge in [-0.2, -0.15) is 4.31 Å². The predicted octanol–water partition coefficient (Wildman–Crippen LogP) is 3.96. The van der Waals surface area contributed by atoms with Crippen molar-refractivity contribution in [1.82, 2.24) is 9.62 Å². The summed E-state index contributed by atoms with van der Waals surface area (Å²) in [7, 11) is -2.69. The Morgan fingerprint density at radius 2 is 1.87 bits per heavy atom. The van der Waals surface area contributed by atoms with Gasteiger partial charge in [0, 0.05) is 30.1 Å². The zero-order valence-corrected chi connectivity index (χ0v) is 20.0. The summed E-state index contributed by atoms with van der Waals surface area (Å²) >= 11 is 3.11. The van der Waals surface area contributed by atoms with Gasteiger partial charge in [0.25, 0.3) is 0 Å². The highest BCUT2D eigenvalue weighted by Crippen LogP contribution is 2.22. The number of nitrogens with one attached hydrogen (secondary N) is 1. The van der Waals surface area contributed by atoms with E-state index in [1.807, 2.05) is 18.2 Å². The molecule has 0 bridgehead atoms. The van der Waals surface area contributed by atoms with Gasteiger partial charge >= 0.3 is 0 Å². The zero-order chi connectivity index (χ0) is 22.4. The number of sulfonamides is 1. The maximum absolute atomic E-state index is 14.1. The summed E-state index contributed by atoms with van der Waals surface area (Å²) in [5.74, 6) is -0.830. The molecule has 0 saturated carbocycles. The number of rotatable bonds is 11.